The van der Waals surface area contributed by atoms with Gasteiger partial charge in [-0.15, -0.1) is 0 Å². The minimum Gasteiger partial charge on any atom is -0.504 e. The number of phenols is 1. The molecule has 32 nitrogen and oxygen atoms in total. The van der Waals surface area contributed by atoms with Gasteiger partial charge in [0.1, 0.15) is 66.0 Å². The molecule has 4 aromatic rings. The van der Waals surface area contributed by atoms with E-state index in [0.29, 0.717) is 56.9 Å². The number of fused-ring (bicyclic) bond motifs is 2. The number of nitrogens with zero attached hydrogens (tertiary/aromatic N) is 3. The summed E-state index contributed by atoms with van der Waals surface area (Å²) >= 11 is 0. The summed E-state index contributed by atoms with van der Waals surface area (Å²) in [6.45, 7) is 3.74. The molecule has 484 valence electrons. The van der Waals surface area contributed by atoms with Crippen molar-refractivity contribution in [3.63, 3.8) is 0 Å². The van der Waals surface area contributed by atoms with Crippen LogP contribution in [0.4, 0.5) is 0 Å². The number of amides is 8. The average molecular weight is 1270 g/mol. The van der Waals surface area contributed by atoms with E-state index >= 15 is 0 Å². The van der Waals surface area contributed by atoms with Gasteiger partial charge >= 0.3 is 10.4 Å². The number of nitrogens with two attached hydrogens (primary N) is 1. The number of nitrogens with one attached hydrogen (secondary N) is 5. The number of hydrogen-bond donors (Lipinski definition) is 16. The average Bonchev–Trinajstić information content (AvgIpc) is 2.76. The molecular weight excluding hydrogens is 1200 g/mol. The molecule has 15 atom stereocenters. The van der Waals surface area contributed by atoms with Crippen LogP contribution in [0.15, 0.2) is 77.3 Å². The highest BCUT2D eigenvalue weighted by molar-refractivity contribution is 7.81. The summed E-state index contributed by atoms with van der Waals surface area (Å²) in [4.78, 5) is 115. The SMILES string of the molecule is CCCCCOc1ccc(-c2cc(-c3ccc(C(=O)N[C@H]4C[C@@H](O)[C@@H](O)NC(=O)[C@@H]5[C@@H](O)[C@@H](C)CN5C(=O)[C@H]([C@H](O)CC(N)=O)NC(=O)[C@@H]([C@H](O)[C@@H](O)c5ccc(O)c(OS(=O)(=O)O)c5)NC(=O)[C@@H]5C[C@@H](O)CN5C(=O)[C@H]([C@@H](C)O)NC4=O)cc3)no2)cc1. The van der Waals surface area contributed by atoms with Gasteiger partial charge in [0.2, 0.25) is 41.4 Å². The maximum atomic E-state index is 14.7. The van der Waals surface area contributed by atoms with E-state index in [1.165, 1.54) is 31.2 Å². The van der Waals surface area contributed by atoms with Crippen molar-refractivity contribution >= 4 is 57.7 Å². The lowest BCUT2D eigenvalue weighted by Crippen LogP contribution is -2.64. The zero-order valence-electron chi connectivity index (χ0n) is 48.1. The third kappa shape index (κ3) is 16.9. The number of aromatic nitrogens is 1. The lowest BCUT2D eigenvalue weighted by molar-refractivity contribution is -0.149. The zero-order valence-corrected chi connectivity index (χ0v) is 48.9. The molecule has 0 saturated carbocycles. The lowest BCUT2D eigenvalue weighted by atomic mass is 9.96. The van der Waals surface area contributed by atoms with Crippen molar-refractivity contribution in [2.24, 2.45) is 11.7 Å². The van der Waals surface area contributed by atoms with Crippen molar-refractivity contribution < 1.29 is 111 Å². The summed E-state index contributed by atoms with van der Waals surface area (Å²) in [5.74, 6) is -12.9. The van der Waals surface area contributed by atoms with E-state index in [-0.39, 0.29) is 5.56 Å². The van der Waals surface area contributed by atoms with E-state index in [9.17, 15) is 97.3 Å². The van der Waals surface area contributed by atoms with Crippen LogP contribution in [0.3, 0.4) is 0 Å². The summed E-state index contributed by atoms with van der Waals surface area (Å²) in [6, 6.07) is 3.52. The second-order valence-corrected chi connectivity index (χ2v) is 22.9. The van der Waals surface area contributed by atoms with Crippen LogP contribution in [0.2, 0.25) is 0 Å². The van der Waals surface area contributed by atoms with Crippen molar-refractivity contribution in [3.8, 4) is 39.8 Å². The molecule has 0 spiro atoms. The molecular formula is C56H71N9O23S. The van der Waals surface area contributed by atoms with Gasteiger partial charge in [-0.25, -0.2) is 0 Å². The molecule has 3 saturated heterocycles. The first-order valence-corrected chi connectivity index (χ1v) is 29.5. The number of rotatable bonds is 18. The third-order valence-electron chi connectivity index (χ3n) is 15.2. The van der Waals surface area contributed by atoms with E-state index in [2.05, 4.69) is 32.2 Å². The van der Waals surface area contributed by atoms with Crippen LogP contribution in [-0.2, 0) is 44.0 Å². The van der Waals surface area contributed by atoms with Crippen LogP contribution in [-0.4, -0.2) is 220 Å². The number of hydrogen-bond acceptors (Lipinski definition) is 23. The van der Waals surface area contributed by atoms with E-state index in [4.69, 9.17) is 15.0 Å². The summed E-state index contributed by atoms with van der Waals surface area (Å²) in [6.07, 6.45) is -17.3. The molecule has 7 rings (SSSR count). The molecule has 3 fully saturated rings. The first-order valence-electron chi connectivity index (χ1n) is 28.1. The Morgan fingerprint density at radius 3 is 2.07 bits per heavy atom. The largest absolute Gasteiger partial charge is 0.504 e. The van der Waals surface area contributed by atoms with Gasteiger partial charge < -0.3 is 102 Å². The topological polar surface area (TPSA) is 510 Å². The number of unbranched alkanes of at least 4 members (excludes halogenated alkanes) is 2. The number of carbonyl (C=O) groups excluding carboxylic acids is 8. The Balaban J connectivity index is 1.22. The molecule has 0 aliphatic carbocycles. The molecule has 4 heterocycles. The van der Waals surface area contributed by atoms with Crippen molar-refractivity contribution in [3.05, 3.63) is 83.9 Å². The lowest BCUT2D eigenvalue weighted by Gasteiger charge is -2.34. The quantitative estimate of drug-likeness (QED) is 0.0334. The predicted molar refractivity (Wildman–Crippen MR) is 304 cm³/mol. The molecule has 17 N–H and O–H groups in total. The fourth-order valence-electron chi connectivity index (χ4n) is 10.3. The fourth-order valence-corrected chi connectivity index (χ4v) is 10.7. The first kappa shape index (κ1) is 68.1. The number of ether oxygens (including phenoxy) is 1. The Kier molecular flexibility index (Phi) is 22.4. The molecule has 33 heteroatoms. The third-order valence-corrected chi connectivity index (χ3v) is 15.6. The Hall–Kier alpha value is -8.38. The maximum Gasteiger partial charge on any atom is 0.446 e. The van der Waals surface area contributed by atoms with Gasteiger partial charge in [0.25, 0.3) is 5.91 Å². The molecule has 3 aromatic carbocycles. The Morgan fingerprint density at radius 2 is 1.43 bits per heavy atom. The van der Waals surface area contributed by atoms with Gasteiger partial charge in [-0.1, -0.05) is 50.0 Å². The molecule has 1 aromatic heterocycles. The molecule has 89 heavy (non-hydrogen) atoms. The number of aliphatic hydroxyl groups is 8. The van der Waals surface area contributed by atoms with E-state index in [1.807, 2.05) is 10.6 Å². The number of aromatic hydroxyl groups is 1. The highest BCUT2D eigenvalue weighted by atomic mass is 32.3. The van der Waals surface area contributed by atoms with Gasteiger partial charge in [-0.2, -0.15) is 8.42 Å². The standard InChI is InChI=1S/C56H71N9O23S/c1-4-5-6-17-86-32-14-11-28(12-15-32)39-21-33(63-87-39)27-7-9-29(10-8-27)49(75)58-34-20-38(70)52(78)62-54(80)45-46(72)25(2)23-65(45)56(82)43(37(69)22-41(57)71)60-53(79)44(48(74)47(73)30-13-16-36(68)40(18-30)88-89(83,84)85)61-51(77)35-19-31(67)24-64(35)55(81)42(26(3)66)59-50(34)76/h7-16,18,21,25-26,31,34-35,37-38,42-48,52,66-70,72-74,78H,4-6,17,19-20,22-24H2,1-3H3,(H2,57,71)(H,58,75)(H,59,76)(H,60,79)(H,61,77)(H,62,80)(H,83,84,85)/t25-,26+,31+,34-,35-,37+,38+,42-,43-,44+,45-,46-,47-,48-,52+/m0/s1. The number of aliphatic hydroxyl groups excluding tert-OH is 8. The summed E-state index contributed by atoms with van der Waals surface area (Å²) in [7, 11) is -5.35. The van der Waals surface area contributed by atoms with Gasteiger partial charge in [0.15, 0.2) is 23.5 Å². The second kappa shape index (κ2) is 29.3. The van der Waals surface area contributed by atoms with Crippen LogP contribution < -0.4 is 41.2 Å². The van der Waals surface area contributed by atoms with Crippen LogP contribution in [0.25, 0.3) is 22.6 Å². The van der Waals surface area contributed by atoms with E-state index in [1.54, 1.807) is 30.3 Å². The monoisotopic (exact) mass is 1270 g/mol. The Morgan fingerprint density at radius 1 is 0.787 bits per heavy atom. The van der Waals surface area contributed by atoms with Crippen LogP contribution in [0.1, 0.15) is 81.3 Å². The van der Waals surface area contributed by atoms with Gasteiger partial charge in [0.05, 0.1) is 37.4 Å². The number of carbonyl (C=O) groups is 8. The smallest absolute Gasteiger partial charge is 0.446 e. The summed E-state index contributed by atoms with van der Waals surface area (Å²) in [5, 5.41) is 116. The van der Waals surface area contributed by atoms with Crippen molar-refractivity contribution in [1.29, 1.82) is 0 Å². The number of phenolic OH excluding ortho intramolecular Hbond substituents is 1. The van der Waals surface area contributed by atoms with Gasteiger partial charge in [-0.3, -0.25) is 42.9 Å². The molecule has 0 bridgehead atoms. The van der Waals surface area contributed by atoms with Crippen LogP contribution in [0.5, 0.6) is 17.2 Å². The molecule has 0 radical (unpaired) electrons. The first-order chi connectivity index (χ1) is 42.0. The highest BCUT2D eigenvalue weighted by Gasteiger charge is 2.51. The minimum absolute atomic E-state index is 0.107. The molecule has 8 amide bonds. The normalized spacial score (nSPS) is 26.4. The molecule has 0 unspecified atom stereocenters. The predicted octanol–water partition coefficient (Wildman–Crippen LogP) is -3.90. The molecule has 3 aliphatic heterocycles. The Labute approximate surface area is 507 Å². The van der Waals surface area contributed by atoms with Crippen LogP contribution >= 0.6 is 0 Å². The van der Waals surface area contributed by atoms with Crippen molar-refractivity contribution in [2.45, 2.75) is 145 Å². The second-order valence-electron chi connectivity index (χ2n) is 21.9. The number of benzene rings is 3. The molecule has 3 aliphatic rings. The van der Waals surface area contributed by atoms with Gasteiger partial charge in [-0.05, 0) is 67.4 Å². The highest BCUT2D eigenvalue weighted by Crippen LogP contribution is 2.34. The summed E-state index contributed by atoms with van der Waals surface area (Å²) in [5.41, 5.74) is 6.17. The summed E-state index contributed by atoms with van der Waals surface area (Å²) < 4.78 is 48.1. The van der Waals surface area contributed by atoms with Crippen molar-refractivity contribution in [2.75, 3.05) is 19.7 Å². The van der Waals surface area contributed by atoms with Gasteiger partial charge in [0, 0.05) is 54.6 Å². The fraction of sp³-hybridized carbons (Fsp3) is 0.482. The van der Waals surface area contributed by atoms with E-state index < -0.39 is 198 Å². The minimum atomic E-state index is -5.35. The van der Waals surface area contributed by atoms with E-state index in [0.717, 1.165) is 32.3 Å². The Bertz CT molecular complexity index is 3340. The van der Waals surface area contributed by atoms with Crippen LogP contribution in [0, 0.1) is 5.92 Å². The zero-order chi connectivity index (χ0) is 65.3. The van der Waals surface area contributed by atoms with Crippen molar-refractivity contribution in [1.82, 2.24) is 41.5 Å². The maximum absolute atomic E-state index is 14.7. The number of primary amides is 1.